The number of benzene rings is 1. The van der Waals surface area contributed by atoms with E-state index in [1.165, 1.54) is 6.07 Å². The molecule has 142 valence electrons. The molecule has 2 heterocycles. The molecule has 0 unspecified atom stereocenters. The summed E-state index contributed by atoms with van der Waals surface area (Å²) in [7, 11) is 0.168. The van der Waals surface area contributed by atoms with Gasteiger partial charge in [0.2, 0.25) is 5.95 Å². The van der Waals surface area contributed by atoms with E-state index in [0.717, 1.165) is 28.5 Å². The van der Waals surface area contributed by atoms with Crippen LogP contribution in [-0.2, 0) is 10.0 Å². The zero-order chi connectivity index (χ0) is 19.6. The van der Waals surface area contributed by atoms with Gasteiger partial charge in [-0.05, 0) is 43.3 Å². The van der Waals surface area contributed by atoms with Gasteiger partial charge >= 0.3 is 0 Å². The minimum atomic E-state index is -3.65. The molecule has 0 spiro atoms. The van der Waals surface area contributed by atoms with Crippen LogP contribution in [0.3, 0.4) is 0 Å². The van der Waals surface area contributed by atoms with Crippen LogP contribution in [0.25, 0.3) is 0 Å². The van der Waals surface area contributed by atoms with Crippen LogP contribution in [0.5, 0.6) is 0 Å². The average molecular weight is 424 g/mol. The number of nitrogens with zero attached hydrogens (tertiary/aromatic N) is 3. The highest BCUT2D eigenvalue weighted by Crippen LogP contribution is 2.27. The molecule has 0 atom stereocenters. The Morgan fingerprint density at radius 3 is 2.30 bits per heavy atom. The Morgan fingerprint density at radius 2 is 1.70 bits per heavy atom. The number of nitrogens with one attached hydrogen (secondary N) is 2. The standard InChI is InChI=1S/C17H18ClN5O2S2/c1-11-10-15(23(2)3)21-17(19-11)20-12-4-6-13(7-5-12)22-27(24,25)16-9-8-14(18)26-16/h4-10,22H,1-3H3,(H,19,20,21). The number of rotatable bonds is 6. The van der Waals surface area contributed by atoms with Crippen LogP contribution in [-0.4, -0.2) is 32.5 Å². The lowest BCUT2D eigenvalue weighted by Crippen LogP contribution is -2.13. The van der Waals surface area contributed by atoms with Gasteiger partial charge < -0.3 is 10.2 Å². The Balaban J connectivity index is 1.74. The molecule has 2 N–H and O–H groups in total. The topological polar surface area (TPSA) is 87.2 Å². The van der Waals surface area contributed by atoms with E-state index < -0.39 is 10.0 Å². The third-order valence-corrected chi connectivity index (χ3v) is 6.61. The van der Waals surface area contributed by atoms with Crippen molar-refractivity contribution in [3.63, 3.8) is 0 Å². The van der Waals surface area contributed by atoms with Crippen LogP contribution in [0.1, 0.15) is 5.69 Å². The van der Waals surface area contributed by atoms with Gasteiger partial charge in [0.05, 0.1) is 4.34 Å². The number of anilines is 4. The fraction of sp³-hybridized carbons (Fsp3) is 0.176. The summed E-state index contributed by atoms with van der Waals surface area (Å²) in [4.78, 5) is 10.7. The number of aromatic nitrogens is 2. The lowest BCUT2D eigenvalue weighted by atomic mass is 10.3. The van der Waals surface area contributed by atoms with Gasteiger partial charge in [-0.2, -0.15) is 4.98 Å². The second-order valence-corrected chi connectivity index (χ2v) is 9.58. The molecule has 1 aromatic carbocycles. The summed E-state index contributed by atoms with van der Waals surface area (Å²) in [5, 5.41) is 3.12. The van der Waals surface area contributed by atoms with Gasteiger partial charge in [0.15, 0.2) is 0 Å². The number of hydrogen-bond acceptors (Lipinski definition) is 7. The molecule has 0 aliphatic heterocycles. The summed E-state index contributed by atoms with van der Waals surface area (Å²) in [5.74, 6) is 1.27. The zero-order valence-electron chi connectivity index (χ0n) is 14.9. The summed E-state index contributed by atoms with van der Waals surface area (Å²) in [5.41, 5.74) is 2.03. The fourth-order valence-electron chi connectivity index (χ4n) is 2.24. The quantitative estimate of drug-likeness (QED) is 0.620. The molecule has 0 aliphatic rings. The molecule has 0 aliphatic carbocycles. The van der Waals surface area contributed by atoms with Crippen molar-refractivity contribution in [2.75, 3.05) is 29.0 Å². The summed E-state index contributed by atoms with van der Waals surface area (Å²) in [6.07, 6.45) is 0. The number of thiophene rings is 1. The maximum atomic E-state index is 12.3. The molecule has 0 radical (unpaired) electrons. The molecule has 0 fully saturated rings. The molecule has 3 aromatic rings. The van der Waals surface area contributed by atoms with Gasteiger partial charge in [0.25, 0.3) is 10.0 Å². The number of sulfonamides is 1. The Morgan fingerprint density at radius 1 is 1.04 bits per heavy atom. The van der Waals surface area contributed by atoms with Crippen LogP contribution in [0.15, 0.2) is 46.7 Å². The molecule has 0 saturated carbocycles. The summed E-state index contributed by atoms with van der Waals surface area (Å²) in [6, 6.07) is 11.7. The lowest BCUT2D eigenvalue weighted by molar-refractivity contribution is 0.603. The second-order valence-electron chi connectivity index (χ2n) is 5.95. The largest absolute Gasteiger partial charge is 0.363 e. The molecule has 0 bridgehead atoms. The van der Waals surface area contributed by atoms with Crippen LogP contribution >= 0.6 is 22.9 Å². The van der Waals surface area contributed by atoms with Crippen LogP contribution < -0.4 is 14.9 Å². The van der Waals surface area contributed by atoms with E-state index >= 15 is 0 Å². The summed E-state index contributed by atoms with van der Waals surface area (Å²) in [6.45, 7) is 1.90. The summed E-state index contributed by atoms with van der Waals surface area (Å²) < 4.78 is 27.8. The molecule has 10 heteroatoms. The van der Waals surface area contributed by atoms with E-state index in [9.17, 15) is 8.42 Å². The molecule has 3 rings (SSSR count). The van der Waals surface area contributed by atoms with Crippen molar-refractivity contribution in [3.8, 4) is 0 Å². The maximum Gasteiger partial charge on any atom is 0.271 e. The van der Waals surface area contributed by atoms with E-state index in [1.807, 2.05) is 32.0 Å². The van der Waals surface area contributed by atoms with Gasteiger partial charge in [-0.3, -0.25) is 4.72 Å². The maximum absolute atomic E-state index is 12.3. The van der Waals surface area contributed by atoms with Crippen molar-refractivity contribution in [1.82, 2.24) is 9.97 Å². The number of aryl methyl sites for hydroxylation is 1. The Labute approximate surface area is 167 Å². The minimum Gasteiger partial charge on any atom is -0.363 e. The highest BCUT2D eigenvalue weighted by molar-refractivity contribution is 7.94. The Hall–Kier alpha value is -2.36. The third-order valence-electron chi connectivity index (χ3n) is 3.51. The monoisotopic (exact) mass is 423 g/mol. The number of hydrogen-bond donors (Lipinski definition) is 2. The van der Waals surface area contributed by atoms with E-state index in [1.54, 1.807) is 30.3 Å². The van der Waals surface area contributed by atoms with Crippen molar-refractivity contribution in [1.29, 1.82) is 0 Å². The SMILES string of the molecule is Cc1cc(N(C)C)nc(Nc2ccc(NS(=O)(=O)c3ccc(Cl)s3)cc2)n1. The predicted molar refractivity (Wildman–Crippen MR) is 111 cm³/mol. The van der Waals surface area contributed by atoms with Crippen molar-refractivity contribution < 1.29 is 8.42 Å². The van der Waals surface area contributed by atoms with Gasteiger partial charge in [0, 0.05) is 37.2 Å². The van der Waals surface area contributed by atoms with E-state index in [-0.39, 0.29) is 4.21 Å². The number of halogens is 1. The van der Waals surface area contributed by atoms with Crippen molar-refractivity contribution in [2.24, 2.45) is 0 Å². The first-order valence-electron chi connectivity index (χ1n) is 7.91. The average Bonchev–Trinajstić information content (AvgIpc) is 3.03. The zero-order valence-corrected chi connectivity index (χ0v) is 17.3. The first-order chi connectivity index (χ1) is 12.7. The normalized spacial score (nSPS) is 11.3. The molecular weight excluding hydrogens is 406 g/mol. The van der Waals surface area contributed by atoms with Gasteiger partial charge in [-0.1, -0.05) is 11.6 Å². The molecule has 0 saturated heterocycles. The second kappa shape index (κ2) is 7.71. The van der Waals surface area contributed by atoms with Crippen LogP contribution in [0.2, 0.25) is 4.34 Å². The van der Waals surface area contributed by atoms with Crippen molar-refractivity contribution in [2.45, 2.75) is 11.1 Å². The molecule has 7 nitrogen and oxygen atoms in total. The molecule has 2 aromatic heterocycles. The van der Waals surface area contributed by atoms with E-state index in [2.05, 4.69) is 20.0 Å². The van der Waals surface area contributed by atoms with Gasteiger partial charge in [-0.15, -0.1) is 11.3 Å². The third kappa shape index (κ3) is 4.88. The van der Waals surface area contributed by atoms with Crippen molar-refractivity contribution >= 4 is 56.1 Å². The van der Waals surface area contributed by atoms with Crippen LogP contribution in [0.4, 0.5) is 23.1 Å². The smallest absolute Gasteiger partial charge is 0.271 e. The summed E-state index contributed by atoms with van der Waals surface area (Å²) >= 11 is 6.82. The van der Waals surface area contributed by atoms with Gasteiger partial charge in [-0.25, -0.2) is 13.4 Å². The van der Waals surface area contributed by atoms with Crippen LogP contribution in [0, 0.1) is 6.92 Å². The van der Waals surface area contributed by atoms with E-state index in [0.29, 0.717) is 16.0 Å². The van der Waals surface area contributed by atoms with Crippen molar-refractivity contribution in [3.05, 3.63) is 52.5 Å². The molecular formula is C17H18ClN5O2S2. The fourth-order valence-corrected chi connectivity index (χ4v) is 4.78. The lowest BCUT2D eigenvalue weighted by Gasteiger charge is -2.14. The molecule has 0 amide bonds. The Kier molecular flexibility index (Phi) is 5.54. The molecule has 27 heavy (non-hydrogen) atoms. The van der Waals surface area contributed by atoms with E-state index in [4.69, 9.17) is 11.6 Å². The highest BCUT2D eigenvalue weighted by Gasteiger charge is 2.16. The first kappa shape index (κ1) is 19.4. The first-order valence-corrected chi connectivity index (χ1v) is 10.6. The highest BCUT2D eigenvalue weighted by atomic mass is 35.5. The van der Waals surface area contributed by atoms with Gasteiger partial charge in [0.1, 0.15) is 10.0 Å². The Bertz CT molecular complexity index is 1050. The predicted octanol–water partition coefficient (Wildman–Crippen LogP) is 4.11. The minimum absolute atomic E-state index is 0.166.